The van der Waals surface area contributed by atoms with Gasteiger partial charge in [0.1, 0.15) is 0 Å². The van der Waals surface area contributed by atoms with Gasteiger partial charge in [-0.1, -0.05) is 42.4 Å². The fourth-order valence-electron chi connectivity index (χ4n) is 1.81. The number of halogens is 1. The van der Waals surface area contributed by atoms with Crippen molar-refractivity contribution in [1.29, 1.82) is 0 Å². The van der Waals surface area contributed by atoms with E-state index in [0.717, 1.165) is 17.6 Å². The molecule has 0 saturated heterocycles. The summed E-state index contributed by atoms with van der Waals surface area (Å²) in [6.45, 7) is 15.2. The fraction of sp³-hybridized carbons (Fsp3) is 0.529. The SMILES string of the molecule is C=C(c1ccc(SNC(C)(C)C)cc1NCBr)C(C)CC. The van der Waals surface area contributed by atoms with E-state index < -0.39 is 0 Å². The molecule has 0 aliphatic rings. The van der Waals surface area contributed by atoms with Gasteiger partial charge in [-0.3, -0.25) is 4.72 Å². The first-order valence-corrected chi connectivity index (χ1v) is 9.29. The molecule has 118 valence electrons. The summed E-state index contributed by atoms with van der Waals surface area (Å²) in [5.74, 6) is 0.493. The van der Waals surface area contributed by atoms with E-state index in [-0.39, 0.29) is 5.54 Å². The number of benzene rings is 1. The van der Waals surface area contributed by atoms with Crippen LogP contribution in [-0.4, -0.2) is 11.0 Å². The van der Waals surface area contributed by atoms with E-state index in [9.17, 15) is 0 Å². The molecule has 0 bridgehead atoms. The minimum absolute atomic E-state index is 0.0900. The average Bonchev–Trinajstić information content (AvgIpc) is 2.43. The Kier molecular flexibility index (Phi) is 7.31. The molecule has 1 rings (SSSR count). The van der Waals surface area contributed by atoms with Crippen molar-refractivity contribution < 1.29 is 0 Å². The third-order valence-corrected chi connectivity index (χ3v) is 4.76. The highest BCUT2D eigenvalue weighted by atomic mass is 79.9. The highest BCUT2D eigenvalue weighted by molar-refractivity contribution is 9.09. The first-order chi connectivity index (χ1) is 9.78. The van der Waals surface area contributed by atoms with Crippen molar-refractivity contribution in [3.8, 4) is 0 Å². The number of alkyl halides is 1. The second-order valence-electron chi connectivity index (χ2n) is 6.31. The van der Waals surface area contributed by atoms with E-state index in [1.807, 2.05) is 0 Å². The second-order valence-corrected chi connectivity index (χ2v) is 7.75. The molecule has 0 radical (unpaired) electrons. The zero-order valence-electron chi connectivity index (χ0n) is 13.7. The van der Waals surface area contributed by atoms with Crippen LogP contribution in [0.25, 0.3) is 5.57 Å². The molecule has 1 atom stereocenters. The molecule has 0 fully saturated rings. The standard InChI is InChI=1S/C17H27BrN2S/c1-7-12(2)13(3)15-9-8-14(10-16(15)19-11-18)21-20-17(4,5)6/h8-10,12,19-20H,3,7,11H2,1-2,4-6H3. The molecule has 1 aromatic rings. The first-order valence-electron chi connectivity index (χ1n) is 7.35. The molecule has 1 unspecified atom stereocenters. The quantitative estimate of drug-likeness (QED) is 0.354. The Morgan fingerprint density at radius 2 is 2.05 bits per heavy atom. The monoisotopic (exact) mass is 370 g/mol. The van der Waals surface area contributed by atoms with Crippen molar-refractivity contribution in [3.63, 3.8) is 0 Å². The van der Waals surface area contributed by atoms with Gasteiger partial charge in [0.2, 0.25) is 0 Å². The number of anilines is 1. The van der Waals surface area contributed by atoms with E-state index in [4.69, 9.17) is 0 Å². The molecule has 21 heavy (non-hydrogen) atoms. The first kappa shape index (κ1) is 18.6. The number of hydrogen-bond donors (Lipinski definition) is 2. The van der Waals surface area contributed by atoms with E-state index in [1.165, 1.54) is 16.0 Å². The Morgan fingerprint density at radius 3 is 2.57 bits per heavy atom. The van der Waals surface area contributed by atoms with Crippen molar-refractivity contribution in [2.75, 3.05) is 10.8 Å². The highest BCUT2D eigenvalue weighted by Gasteiger charge is 2.13. The van der Waals surface area contributed by atoms with Gasteiger partial charge in [0, 0.05) is 21.7 Å². The molecule has 2 N–H and O–H groups in total. The Hall–Kier alpha value is -0.450. The third kappa shape index (κ3) is 6.05. The van der Waals surface area contributed by atoms with Crippen LogP contribution in [0.4, 0.5) is 5.69 Å². The molecular formula is C17H27BrN2S. The molecule has 0 heterocycles. The van der Waals surface area contributed by atoms with Crippen LogP contribution in [0.15, 0.2) is 29.7 Å². The van der Waals surface area contributed by atoms with Crippen LogP contribution in [0.2, 0.25) is 0 Å². The van der Waals surface area contributed by atoms with Gasteiger partial charge in [-0.2, -0.15) is 0 Å². The fourth-order valence-corrected chi connectivity index (χ4v) is 2.85. The lowest BCUT2D eigenvalue weighted by atomic mass is 9.92. The predicted octanol–water partition coefficient (Wildman–Crippen LogP) is 5.91. The lowest BCUT2D eigenvalue weighted by Crippen LogP contribution is -2.29. The van der Waals surface area contributed by atoms with Gasteiger partial charge in [0.15, 0.2) is 0 Å². The van der Waals surface area contributed by atoms with Crippen molar-refractivity contribution in [1.82, 2.24) is 4.72 Å². The summed E-state index contributed by atoms with van der Waals surface area (Å²) in [4.78, 5) is 1.20. The van der Waals surface area contributed by atoms with Gasteiger partial charge in [-0.15, -0.1) is 0 Å². The normalized spacial score (nSPS) is 13.0. The van der Waals surface area contributed by atoms with Crippen molar-refractivity contribution >= 4 is 39.1 Å². The van der Waals surface area contributed by atoms with Gasteiger partial charge in [-0.05, 0) is 62.8 Å². The zero-order valence-corrected chi connectivity index (χ0v) is 16.1. The predicted molar refractivity (Wildman–Crippen MR) is 101 cm³/mol. The molecular weight excluding hydrogens is 344 g/mol. The summed E-state index contributed by atoms with van der Waals surface area (Å²) in [5, 5.41) is 3.39. The number of nitrogens with one attached hydrogen (secondary N) is 2. The lowest BCUT2D eigenvalue weighted by molar-refractivity contribution is 0.535. The number of allylic oxidation sites excluding steroid dienone is 1. The van der Waals surface area contributed by atoms with E-state index in [1.54, 1.807) is 11.9 Å². The third-order valence-electron chi connectivity index (χ3n) is 3.28. The van der Waals surface area contributed by atoms with Crippen molar-refractivity contribution in [2.24, 2.45) is 5.92 Å². The molecule has 2 nitrogen and oxygen atoms in total. The zero-order chi connectivity index (χ0) is 16.0. The summed E-state index contributed by atoms with van der Waals surface area (Å²) in [6.07, 6.45) is 1.11. The van der Waals surface area contributed by atoms with Gasteiger partial charge < -0.3 is 5.32 Å². The van der Waals surface area contributed by atoms with Gasteiger partial charge >= 0.3 is 0 Å². The molecule has 0 aromatic heterocycles. The topological polar surface area (TPSA) is 24.1 Å². The van der Waals surface area contributed by atoms with E-state index in [0.29, 0.717) is 5.92 Å². The van der Waals surface area contributed by atoms with Crippen LogP contribution < -0.4 is 10.0 Å². The Balaban J connectivity index is 2.98. The lowest BCUT2D eigenvalue weighted by Gasteiger charge is -2.21. The van der Waals surface area contributed by atoms with Crippen LogP contribution in [0, 0.1) is 5.92 Å². The minimum atomic E-state index is 0.0900. The average molecular weight is 371 g/mol. The van der Waals surface area contributed by atoms with Gasteiger partial charge in [-0.25, -0.2) is 0 Å². The van der Waals surface area contributed by atoms with Crippen LogP contribution >= 0.6 is 27.9 Å². The van der Waals surface area contributed by atoms with Crippen LogP contribution in [0.1, 0.15) is 46.6 Å². The molecule has 1 aromatic carbocycles. The Labute approximate surface area is 142 Å². The summed E-state index contributed by atoms with van der Waals surface area (Å²) in [6, 6.07) is 6.52. The van der Waals surface area contributed by atoms with Gasteiger partial charge in [0.25, 0.3) is 0 Å². The van der Waals surface area contributed by atoms with Crippen LogP contribution in [-0.2, 0) is 0 Å². The smallest absolute Gasteiger partial charge is 0.0707 e. The van der Waals surface area contributed by atoms with E-state index in [2.05, 4.69) is 85.4 Å². The van der Waals surface area contributed by atoms with Crippen LogP contribution in [0.5, 0.6) is 0 Å². The Morgan fingerprint density at radius 1 is 1.38 bits per heavy atom. The Bertz CT molecular complexity index is 480. The number of rotatable bonds is 7. The molecule has 0 aliphatic carbocycles. The maximum absolute atomic E-state index is 4.28. The maximum Gasteiger partial charge on any atom is 0.0707 e. The van der Waals surface area contributed by atoms with Gasteiger partial charge in [0.05, 0.1) is 5.45 Å². The second kappa shape index (κ2) is 8.25. The largest absolute Gasteiger partial charge is 0.375 e. The van der Waals surface area contributed by atoms with E-state index >= 15 is 0 Å². The molecule has 0 amide bonds. The number of hydrogen-bond acceptors (Lipinski definition) is 3. The van der Waals surface area contributed by atoms with Crippen molar-refractivity contribution in [2.45, 2.75) is 51.5 Å². The molecule has 4 heteroatoms. The molecule has 0 saturated carbocycles. The summed E-state index contributed by atoms with van der Waals surface area (Å²) in [7, 11) is 0. The maximum atomic E-state index is 4.28. The van der Waals surface area contributed by atoms with Crippen LogP contribution in [0.3, 0.4) is 0 Å². The highest BCUT2D eigenvalue weighted by Crippen LogP contribution is 2.33. The summed E-state index contributed by atoms with van der Waals surface area (Å²) < 4.78 is 3.44. The summed E-state index contributed by atoms with van der Waals surface area (Å²) >= 11 is 5.12. The minimum Gasteiger partial charge on any atom is -0.375 e. The summed E-state index contributed by atoms with van der Waals surface area (Å²) in [5.41, 5.74) is 4.37. The van der Waals surface area contributed by atoms with Crippen molar-refractivity contribution in [3.05, 3.63) is 30.3 Å². The molecule has 0 aliphatic heterocycles. The molecule has 0 spiro atoms.